The molecule has 0 spiro atoms. The van der Waals surface area contributed by atoms with Crippen LogP contribution in [0.25, 0.3) is 0 Å². The smallest absolute Gasteiger partial charge is 0.237 e. The molecule has 3 nitrogen and oxygen atoms in total. The maximum atomic E-state index is 11.8. The molecule has 2 atom stereocenters. The van der Waals surface area contributed by atoms with Crippen molar-refractivity contribution in [2.45, 2.75) is 71.4 Å². The number of carbonyl (C=O) groups excluding carboxylic acids is 1. The van der Waals surface area contributed by atoms with E-state index in [1.807, 2.05) is 13.8 Å². The van der Waals surface area contributed by atoms with Gasteiger partial charge in [0.05, 0.1) is 6.04 Å². The van der Waals surface area contributed by atoms with Crippen LogP contribution >= 0.6 is 0 Å². The van der Waals surface area contributed by atoms with E-state index in [1.54, 1.807) is 5.57 Å². The van der Waals surface area contributed by atoms with Crippen molar-refractivity contribution in [2.75, 3.05) is 6.54 Å². The summed E-state index contributed by atoms with van der Waals surface area (Å²) in [5.74, 6) is 0.113. The molecule has 0 aromatic rings. The Labute approximate surface area is 111 Å². The molecular weight excluding hydrogens is 224 g/mol. The van der Waals surface area contributed by atoms with Gasteiger partial charge in [0.1, 0.15) is 0 Å². The second kappa shape index (κ2) is 8.30. The average molecular weight is 252 g/mol. The maximum absolute atomic E-state index is 11.8. The second-order valence-electron chi connectivity index (χ2n) is 5.35. The lowest BCUT2D eigenvalue weighted by Gasteiger charge is -2.18. The van der Waals surface area contributed by atoms with Crippen LogP contribution in [0, 0.1) is 0 Å². The normalized spacial score (nSPS) is 18.9. The number of rotatable bonds is 7. The van der Waals surface area contributed by atoms with Crippen LogP contribution in [0.3, 0.4) is 0 Å². The third-order valence-corrected chi connectivity index (χ3v) is 3.68. The zero-order chi connectivity index (χ0) is 13.4. The molecule has 0 aliphatic heterocycles. The summed E-state index contributed by atoms with van der Waals surface area (Å²) >= 11 is 0. The number of amides is 1. The van der Waals surface area contributed by atoms with Crippen LogP contribution in [0.2, 0.25) is 0 Å². The maximum Gasteiger partial charge on any atom is 0.237 e. The van der Waals surface area contributed by atoms with Gasteiger partial charge in [-0.15, -0.1) is 0 Å². The van der Waals surface area contributed by atoms with Gasteiger partial charge in [0.2, 0.25) is 5.91 Å². The molecule has 0 saturated heterocycles. The SMILES string of the molecule is CCC(C)NC(=O)C(C)NCCC1=CCCCC1. The largest absolute Gasteiger partial charge is 0.352 e. The fraction of sp³-hybridized carbons (Fsp3) is 0.800. The first kappa shape index (κ1) is 15.2. The van der Waals surface area contributed by atoms with Gasteiger partial charge in [-0.1, -0.05) is 18.6 Å². The topological polar surface area (TPSA) is 41.1 Å². The minimum Gasteiger partial charge on any atom is -0.352 e. The molecule has 0 fully saturated rings. The first-order valence-corrected chi connectivity index (χ1v) is 7.35. The first-order chi connectivity index (χ1) is 8.63. The van der Waals surface area contributed by atoms with E-state index >= 15 is 0 Å². The van der Waals surface area contributed by atoms with Crippen molar-refractivity contribution in [3.8, 4) is 0 Å². The Hall–Kier alpha value is -0.830. The number of carbonyl (C=O) groups is 1. The molecule has 104 valence electrons. The molecule has 0 bridgehead atoms. The van der Waals surface area contributed by atoms with Crippen LogP contribution in [0.4, 0.5) is 0 Å². The Bertz CT molecular complexity index is 286. The van der Waals surface area contributed by atoms with Gasteiger partial charge >= 0.3 is 0 Å². The third-order valence-electron chi connectivity index (χ3n) is 3.68. The lowest BCUT2D eigenvalue weighted by Crippen LogP contribution is -2.45. The minimum atomic E-state index is -0.0943. The lowest BCUT2D eigenvalue weighted by molar-refractivity contribution is -0.123. The molecule has 0 aromatic heterocycles. The highest BCUT2D eigenvalue weighted by Crippen LogP contribution is 2.19. The molecule has 1 aliphatic carbocycles. The predicted molar refractivity (Wildman–Crippen MR) is 76.5 cm³/mol. The van der Waals surface area contributed by atoms with Crippen molar-refractivity contribution in [1.82, 2.24) is 10.6 Å². The molecule has 3 heteroatoms. The summed E-state index contributed by atoms with van der Waals surface area (Å²) in [5, 5.41) is 6.31. The zero-order valence-electron chi connectivity index (χ0n) is 12.1. The molecule has 0 aromatic carbocycles. The predicted octanol–water partition coefficient (Wildman–Crippen LogP) is 2.77. The van der Waals surface area contributed by atoms with E-state index < -0.39 is 0 Å². The van der Waals surface area contributed by atoms with Crippen molar-refractivity contribution in [1.29, 1.82) is 0 Å². The Kier molecular flexibility index (Phi) is 7.02. The van der Waals surface area contributed by atoms with Crippen LogP contribution in [-0.2, 0) is 4.79 Å². The van der Waals surface area contributed by atoms with Gasteiger partial charge in [0.15, 0.2) is 0 Å². The van der Waals surface area contributed by atoms with Gasteiger partial charge in [0.25, 0.3) is 0 Å². The monoisotopic (exact) mass is 252 g/mol. The van der Waals surface area contributed by atoms with E-state index in [0.717, 1.165) is 19.4 Å². The summed E-state index contributed by atoms with van der Waals surface area (Å²) in [4.78, 5) is 11.8. The standard InChI is InChI=1S/C15H28N2O/c1-4-12(2)17-15(18)13(3)16-11-10-14-8-6-5-7-9-14/h8,12-13,16H,4-7,9-11H2,1-3H3,(H,17,18). The van der Waals surface area contributed by atoms with Crippen LogP contribution < -0.4 is 10.6 Å². The second-order valence-corrected chi connectivity index (χ2v) is 5.35. The van der Waals surface area contributed by atoms with Crippen molar-refractivity contribution < 1.29 is 4.79 Å². The Morgan fingerprint density at radius 1 is 1.39 bits per heavy atom. The van der Waals surface area contributed by atoms with E-state index in [4.69, 9.17) is 0 Å². The summed E-state index contributed by atoms with van der Waals surface area (Å²) in [6, 6.07) is 0.172. The highest BCUT2D eigenvalue weighted by atomic mass is 16.2. The number of hydrogen-bond donors (Lipinski definition) is 2. The quantitative estimate of drug-likeness (QED) is 0.684. The van der Waals surface area contributed by atoms with Crippen molar-refractivity contribution >= 4 is 5.91 Å². The van der Waals surface area contributed by atoms with Crippen molar-refractivity contribution in [3.63, 3.8) is 0 Å². The summed E-state index contributed by atoms with van der Waals surface area (Å²) in [5.41, 5.74) is 1.56. The highest BCUT2D eigenvalue weighted by molar-refractivity contribution is 5.81. The van der Waals surface area contributed by atoms with Gasteiger partial charge in [-0.2, -0.15) is 0 Å². The number of nitrogens with one attached hydrogen (secondary N) is 2. The fourth-order valence-corrected chi connectivity index (χ4v) is 2.14. The molecule has 0 heterocycles. The van der Waals surface area contributed by atoms with Crippen LogP contribution in [0.1, 0.15) is 59.3 Å². The summed E-state index contributed by atoms with van der Waals surface area (Å²) in [7, 11) is 0. The minimum absolute atomic E-state index is 0.0943. The van der Waals surface area contributed by atoms with Gasteiger partial charge in [-0.25, -0.2) is 0 Å². The molecule has 2 N–H and O–H groups in total. The molecule has 2 unspecified atom stereocenters. The summed E-state index contributed by atoms with van der Waals surface area (Å²) in [6.07, 6.45) is 9.58. The Balaban J connectivity index is 2.17. The van der Waals surface area contributed by atoms with E-state index in [9.17, 15) is 4.79 Å². The van der Waals surface area contributed by atoms with Crippen LogP contribution in [-0.4, -0.2) is 24.5 Å². The summed E-state index contributed by atoms with van der Waals surface area (Å²) < 4.78 is 0. The van der Waals surface area contributed by atoms with Crippen LogP contribution in [0.5, 0.6) is 0 Å². The molecule has 1 amide bonds. The lowest BCUT2D eigenvalue weighted by atomic mass is 9.97. The summed E-state index contributed by atoms with van der Waals surface area (Å²) in [6.45, 7) is 6.96. The molecule has 0 saturated carbocycles. The molecule has 0 radical (unpaired) electrons. The first-order valence-electron chi connectivity index (χ1n) is 7.35. The van der Waals surface area contributed by atoms with Crippen molar-refractivity contribution in [2.24, 2.45) is 0 Å². The van der Waals surface area contributed by atoms with E-state index in [1.165, 1.54) is 25.7 Å². The van der Waals surface area contributed by atoms with E-state index in [2.05, 4.69) is 23.6 Å². The zero-order valence-corrected chi connectivity index (χ0v) is 12.1. The van der Waals surface area contributed by atoms with Crippen LogP contribution in [0.15, 0.2) is 11.6 Å². The number of hydrogen-bond acceptors (Lipinski definition) is 2. The van der Waals surface area contributed by atoms with Gasteiger partial charge < -0.3 is 10.6 Å². The van der Waals surface area contributed by atoms with E-state index in [-0.39, 0.29) is 18.0 Å². The molecule has 1 rings (SSSR count). The molecule has 1 aliphatic rings. The average Bonchev–Trinajstić information content (AvgIpc) is 2.39. The highest BCUT2D eigenvalue weighted by Gasteiger charge is 2.13. The Morgan fingerprint density at radius 3 is 2.78 bits per heavy atom. The fourth-order valence-electron chi connectivity index (χ4n) is 2.14. The van der Waals surface area contributed by atoms with Gasteiger partial charge in [-0.3, -0.25) is 4.79 Å². The van der Waals surface area contributed by atoms with Gasteiger partial charge in [-0.05, 0) is 58.9 Å². The Morgan fingerprint density at radius 2 is 2.17 bits per heavy atom. The van der Waals surface area contributed by atoms with Gasteiger partial charge in [0, 0.05) is 6.04 Å². The number of allylic oxidation sites excluding steroid dienone is 1. The molecular formula is C15H28N2O. The van der Waals surface area contributed by atoms with E-state index in [0.29, 0.717) is 0 Å². The van der Waals surface area contributed by atoms with Crippen molar-refractivity contribution in [3.05, 3.63) is 11.6 Å². The third kappa shape index (κ3) is 5.67. The molecule has 18 heavy (non-hydrogen) atoms.